The molecule has 1 aliphatic heterocycles. The van der Waals surface area contributed by atoms with Crippen molar-refractivity contribution in [3.8, 4) is 0 Å². The first-order valence-corrected chi connectivity index (χ1v) is 8.41. The number of benzene rings is 2. The van der Waals surface area contributed by atoms with Gasteiger partial charge in [-0.25, -0.2) is 4.39 Å². The van der Waals surface area contributed by atoms with Crippen molar-refractivity contribution in [2.75, 3.05) is 10.6 Å². The third-order valence-electron chi connectivity index (χ3n) is 4.11. The molecular weight excluding hydrogens is 357 g/mol. The average Bonchev–Trinajstić information content (AvgIpc) is 3.27. The second kappa shape index (κ2) is 6.76. The third kappa shape index (κ3) is 3.25. The molecule has 0 radical (unpaired) electrons. The quantitative estimate of drug-likeness (QED) is 0.679. The van der Waals surface area contributed by atoms with E-state index < -0.39 is 0 Å². The molecule has 4 rings (SSSR count). The Hall–Kier alpha value is -2.93. The van der Waals surface area contributed by atoms with Crippen LogP contribution in [0.3, 0.4) is 0 Å². The van der Waals surface area contributed by atoms with Crippen LogP contribution >= 0.6 is 11.6 Å². The maximum Gasteiger partial charge on any atom is 0.321 e. The lowest BCUT2D eigenvalue weighted by atomic mass is 10.1. The van der Waals surface area contributed by atoms with Crippen LogP contribution in [0, 0.1) is 5.82 Å². The van der Waals surface area contributed by atoms with Gasteiger partial charge < -0.3 is 15.1 Å². The molecule has 3 aromatic rings. The van der Waals surface area contributed by atoms with Crippen LogP contribution in [0.1, 0.15) is 29.7 Å². The Morgan fingerprint density at radius 1 is 1.19 bits per heavy atom. The molecule has 0 saturated heterocycles. The lowest BCUT2D eigenvalue weighted by molar-refractivity contribution is 0.574. The van der Waals surface area contributed by atoms with Crippen molar-refractivity contribution in [2.45, 2.75) is 19.5 Å². The van der Waals surface area contributed by atoms with Gasteiger partial charge in [-0.3, -0.25) is 4.99 Å². The van der Waals surface area contributed by atoms with Crippen LogP contribution in [-0.4, -0.2) is 16.4 Å². The normalized spacial score (nSPS) is 13.5. The van der Waals surface area contributed by atoms with Gasteiger partial charge in [0.15, 0.2) is 0 Å². The monoisotopic (exact) mass is 371 g/mol. The van der Waals surface area contributed by atoms with E-state index in [4.69, 9.17) is 16.0 Å². The molecule has 0 amide bonds. The number of hydrogen-bond donors (Lipinski definition) is 2. The van der Waals surface area contributed by atoms with Gasteiger partial charge in [-0.15, -0.1) is 0 Å². The second-order valence-electron chi connectivity index (χ2n) is 5.93. The van der Waals surface area contributed by atoms with E-state index in [0.29, 0.717) is 17.3 Å². The molecule has 0 aliphatic carbocycles. The molecule has 2 N–H and O–H groups in total. The molecule has 132 valence electrons. The SMILES string of the molecule is CC(Nc1nnc(Nc2ccc3c(c2Cl)C=NC3)o1)c1cccc(F)c1. The molecule has 2 aromatic carbocycles. The van der Waals surface area contributed by atoms with Crippen LogP contribution < -0.4 is 10.6 Å². The topological polar surface area (TPSA) is 75.3 Å². The summed E-state index contributed by atoms with van der Waals surface area (Å²) >= 11 is 6.40. The van der Waals surface area contributed by atoms with Gasteiger partial charge in [0.05, 0.1) is 23.3 Å². The van der Waals surface area contributed by atoms with Gasteiger partial charge in [0.2, 0.25) is 0 Å². The molecule has 8 heteroatoms. The lowest BCUT2D eigenvalue weighted by Gasteiger charge is -2.12. The summed E-state index contributed by atoms with van der Waals surface area (Å²) in [6.45, 7) is 2.52. The number of rotatable bonds is 5. The number of fused-ring (bicyclic) bond motifs is 1. The fourth-order valence-corrected chi connectivity index (χ4v) is 3.01. The summed E-state index contributed by atoms with van der Waals surface area (Å²) in [5.41, 5.74) is 3.41. The van der Waals surface area contributed by atoms with Crippen molar-refractivity contribution < 1.29 is 8.81 Å². The van der Waals surface area contributed by atoms with E-state index >= 15 is 0 Å². The van der Waals surface area contributed by atoms with Crippen molar-refractivity contribution in [1.29, 1.82) is 0 Å². The Labute approximate surface area is 154 Å². The van der Waals surface area contributed by atoms with E-state index in [1.54, 1.807) is 12.3 Å². The van der Waals surface area contributed by atoms with E-state index in [1.165, 1.54) is 12.1 Å². The molecule has 0 fully saturated rings. The summed E-state index contributed by atoms with van der Waals surface area (Å²) in [5, 5.41) is 14.5. The summed E-state index contributed by atoms with van der Waals surface area (Å²) in [4.78, 5) is 4.21. The highest BCUT2D eigenvalue weighted by Crippen LogP contribution is 2.32. The van der Waals surface area contributed by atoms with Crippen molar-refractivity contribution in [2.24, 2.45) is 4.99 Å². The summed E-state index contributed by atoms with van der Waals surface area (Å²) in [5.74, 6) is -0.293. The highest BCUT2D eigenvalue weighted by molar-refractivity contribution is 6.36. The largest absolute Gasteiger partial charge is 0.389 e. The predicted molar refractivity (Wildman–Crippen MR) is 98.8 cm³/mol. The van der Waals surface area contributed by atoms with Crippen LogP contribution in [0.15, 0.2) is 45.8 Å². The maximum absolute atomic E-state index is 13.3. The van der Waals surface area contributed by atoms with Gasteiger partial charge in [0, 0.05) is 11.8 Å². The van der Waals surface area contributed by atoms with Crippen molar-refractivity contribution >= 4 is 35.5 Å². The Balaban J connectivity index is 1.48. The van der Waals surface area contributed by atoms with Gasteiger partial charge in [-0.1, -0.05) is 40.0 Å². The van der Waals surface area contributed by atoms with Gasteiger partial charge in [-0.2, -0.15) is 0 Å². The number of aromatic nitrogens is 2. The Kier molecular flexibility index (Phi) is 4.30. The van der Waals surface area contributed by atoms with Crippen molar-refractivity contribution in [3.05, 3.63) is 63.9 Å². The molecule has 6 nitrogen and oxygen atoms in total. The van der Waals surface area contributed by atoms with E-state index in [0.717, 1.165) is 16.7 Å². The summed E-state index contributed by atoms with van der Waals surface area (Å²) in [7, 11) is 0. The van der Waals surface area contributed by atoms with Gasteiger partial charge in [0.25, 0.3) is 0 Å². The van der Waals surface area contributed by atoms with Crippen LogP contribution in [0.25, 0.3) is 0 Å². The Morgan fingerprint density at radius 3 is 2.88 bits per heavy atom. The lowest BCUT2D eigenvalue weighted by Crippen LogP contribution is -2.07. The zero-order chi connectivity index (χ0) is 18.1. The van der Waals surface area contributed by atoms with Crippen LogP contribution in [0.2, 0.25) is 5.02 Å². The molecule has 2 heterocycles. The van der Waals surface area contributed by atoms with E-state index in [9.17, 15) is 4.39 Å². The Morgan fingerprint density at radius 2 is 2.04 bits per heavy atom. The first-order valence-electron chi connectivity index (χ1n) is 8.04. The van der Waals surface area contributed by atoms with E-state index in [2.05, 4.69) is 25.8 Å². The summed E-state index contributed by atoms with van der Waals surface area (Å²) in [6.07, 6.45) is 1.75. The highest BCUT2D eigenvalue weighted by atomic mass is 35.5. The van der Waals surface area contributed by atoms with Gasteiger partial charge >= 0.3 is 12.0 Å². The number of halogens is 2. The van der Waals surface area contributed by atoms with Gasteiger partial charge in [-0.05, 0) is 36.2 Å². The van der Waals surface area contributed by atoms with E-state index in [-0.39, 0.29) is 23.9 Å². The summed E-state index contributed by atoms with van der Waals surface area (Å²) < 4.78 is 18.9. The first kappa shape index (κ1) is 16.5. The maximum atomic E-state index is 13.3. The molecular formula is C18H15ClFN5O. The fraction of sp³-hybridized carbons (Fsp3) is 0.167. The standard InChI is InChI=1S/C18H15ClFN5O/c1-10(11-3-2-4-13(20)7-11)22-17-24-25-18(26-17)23-15-6-5-12-8-21-9-14(12)16(15)19/h2-7,9-10H,8H2,1H3,(H,22,24)(H,23,25). The van der Waals surface area contributed by atoms with Gasteiger partial charge in [0.1, 0.15) is 5.82 Å². The second-order valence-corrected chi connectivity index (χ2v) is 6.31. The molecule has 1 atom stereocenters. The summed E-state index contributed by atoms with van der Waals surface area (Å²) in [6, 6.07) is 10.4. The minimum atomic E-state index is -0.293. The molecule has 0 saturated carbocycles. The van der Waals surface area contributed by atoms with Crippen molar-refractivity contribution in [3.63, 3.8) is 0 Å². The van der Waals surface area contributed by atoms with Crippen LogP contribution in [-0.2, 0) is 6.54 Å². The number of anilines is 3. The molecule has 1 aromatic heterocycles. The first-order chi connectivity index (χ1) is 12.6. The van der Waals surface area contributed by atoms with Crippen LogP contribution in [0.4, 0.5) is 22.1 Å². The number of aliphatic imine (C=N–C) groups is 1. The molecule has 1 aliphatic rings. The molecule has 0 bridgehead atoms. The minimum Gasteiger partial charge on any atom is -0.389 e. The fourth-order valence-electron chi connectivity index (χ4n) is 2.73. The Bertz CT molecular complexity index is 987. The molecule has 0 spiro atoms. The zero-order valence-electron chi connectivity index (χ0n) is 13.8. The van der Waals surface area contributed by atoms with E-state index in [1.807, 2.05) is 25.1 Å². The molecule has 1 unspecified atom stereocenters. The zero-order valence-corrected chi connectivity index (χ0v) is 14.6. The third-order valence-corrected chi connectivity index (χ3v) is 4.51. The average molecular weight is 372 g/mol. The smallest absolute Gasteiger partial charge is 0.321 e. The highest BCUT2D eigenvalue weighted by Gasteiger charge is 2.16. The van der Waals surface area contributed by atoms with Crippen molar-refractivity contribution in [1.82, 2.24) is 10.2 Å². The minimum absolute atomic E-state index is 0.196. The molecule has 26 heavy (non-hydrogen) atoms. The van der Waals surface area contributed by atoms with Crippen LogP contribution in [0.5, 0.6) is 0 Å². The number of hydrogen-bond acceptors (Lipinski definition) is 6. The number of nitrogens with one attached hydrogen (secondary N) is 2. The number of nitrogens with zero attached hydrogens (tertiary/aromatic N) is 3. The predicted octanol–water partition coefficient (Wildman–Crippen LogP) is 4.71.